The number of hydrogen-bond acceptors (Lipinski definition) is 4. The molecule has 3 nitrogen and oxygen atoms in total. The molecule has 6 heteroatoms. The van der Waals surface area contributed by atoms with E-state index in [4.69, 9.17) is 15.8 Å². The molecule has 0 saturated heterocycles. The van der Waals surface area contributed by atoms with Gasteiger partial charge in [0.15, 0.2) is 0 Å². The molecule has 0 atom stereocenters. The molecule has 0 saturated carbocycles. The number of benzene rings is 1. The Hall–Kier alpha value is -1.11. The molecule has 0 aliphatic carbocycles. The summed E-state index contributed by atoms with van der Waals surface area (Å²) in [4.78, 5) is 0. The molecule has 14 heavy (non-hydrogen) atoms. The Morgan fingerprint density at radius 1 is 1.36 bits per heavy atom. The van der Waals surface area contributed by atoms with Gasteiger partial charge in [-0.15, -0.1) is 11.3 Å². The minimum Gasteiger partial charge on any atom is -0.423 e. The summed E-state index contributed by atoms with van der Waals surface area (Å²) >= 11 is 0.896. The van der Waals surface area contributed by atoms with Crippen molar-refractivity contribution in [2.24, 2.45) is 0 Å². The van der Waals surface area contributed by atoms with Crippen molar-refractivity contribution in [3.05, 3.63) is 23.3 Å². The van der Waals surface area contributed by atoms with Crippen molar-refractivity contribution >= 4 is 39.7 Å². The maximum Gasteiger partial charge on any atom is 0.488 e. The van der Waals surface area contributed by atoms with Crippen LogP contribution in [0.1, 0.15) is 0 Å². The highest BCUT2D eigenvalue weighted by Gasteiger charge is 2.14. The van der Waals surface area contributed by atoms with Gasteiger partial charge in [-0.2, -0.15) is 4.39 Å². The van der Waals surface area contributed by atoms with Gasteiger partial charge in [-0.3, -0.25) is 0 Å². The van der Waals surface area contributed by atoms with Crippen LogP contribution < -0.4 is 11.2 Å². The zero-order valence-corrected chi connectivity index (χ0v) is 7.88. The number of nitrogen functional groups attached to an aromatic ring is 1. The molecule has 2 aromatic rings. The van der Waals surface area contributed by atoms with Crippen LogP contribution in [-0.2, 0) is 0 Å². The lowest BCUT2D eigenvalue weighted by atomic mass is 9.80. The Balaban J connectivity index is 2.67. The number of thiophene rings is 1. The summed E-state index contributed by atoms with van der Waals surface area (Å²) in [5.41, 5.74) is 5.92. The summed E-state index contributed by atoms with van der Waals surface area (Å²) in [6.07, 6.45) is 0. The van der Waals surface area contributed by atoms with Gasteiger partial charge in [0.1, 0.15) is 0 Å². The average Bonchev–Trinajstić information content (AvgIpc) is 2.42. The molecule has 2 rings (SSSR count). The van der Waals surface area contributed by atoms with E-state index in [1.165, 1.54) is 12.1 Å². The van der Waals surface area contributed by atoms with Crippen LogP contribution in [0.3, 0.4) is 0 Å². The second kappa shape index (κ2) is 3.23. The Morgan fingerprint density at radius 3 is 2.71 bits per heavy atom. The first-order valence-corrected chi connectivity index (χ1v) is 4.75. The van der Waals surface area contributed by atoms with Crippen molar-refractivity contribution in [2.75, 3.05) is 5.73 Å². The van der Waals surface area contributed by atoms with E-state index in [-0.39, 0.29) is 5.69 Å². The Morgan fingerprint density at radius 2 is 2.07 bits per heavy atom. The normalized spacial score (nSPS) is 10.8. The standard InChI is InChI=1S/C8H7BFNO2S/c10-8-7(11)5-2-1-4(9(12)13)3-6(5)14-8/h1-3,12-13H,11H2. The van der Waals surface area contributed by atoms with E-state index < -0.39 is 12.2 Å². The van der Waals surface area contributed by atoms with Crippen molar-refractivity contribution in [1.82, 2.24) is 0 Å². The maximum absolute atomic E-state index is 13.0. The molecular formula is C8H7BFNO2S. The van der Waals surface area contributed by atoms with Crippen molar-refractivity contribution in [2.45, 2.75) is 0 Å². The average molecular weight is 211 g/mol. The topological polar surface area (TPSA) is 66.5 Å². The first kappa shape index (κ1) is 9.45. The van der Waals surface area contributed by atoms with Crippen LogP contribution in [0.2, 0.25) is 0 Å². The number of fused-ring (bicyclic) bond motifs is 1. The largest absolute Gasteiger partial charge is 0.488 e. The molecule has 0 radical (unpaired) electrons. The lowest BCUT2D eigenvalue weighted by molar-refractivity contribution is 0.426. The number of rotatable bonds is 1. The Kier molecular flexibility index (Phi) is 2.18. The third-order valence-corrected chi connectivity index (χ3v) is 2.96. The van der Waals surface area contributed by atoms with Crippen LogP contribution in [-0.4, -0.2) is 17.2 Å². The molecule has 0 bridgehead atoms. The highest BCUT2D eigenvalue weighted by Crippen LogP contribution is 2.31. The first-order chi connectivity index (χ1) is 6.59. The van der Waals surface area contributed by atoms with E-state index in [0.29, 0.717) is 15.5 Å². The van der Waals surface area contributed by atoms with E-state index >= 15 is 0 Å². The van der Waals surface area contributed by atoms with E-state index in [0.717, 1.165) is 11.3 Å². The molecule has 0 aliphatic rings. The third kappa shape index (κ3) is 1.37. The summed E-state index contributed by atoms with van der Waals surface area (Å²) in [5.74, 6) is 0. The minimum absolute atomic E-state index is 0.115. The zero-order valence-electron chi connectivity index (χ0n) is 7.07. The first-order valence-electron chi connectivity index (χ1n) is 3.93. The summed E-state index contributed by atoms with van der Waals surface area (Å²) in [7, 11) is -1.54. The van der Waals surface area contributed by atoms with Gasteiger partial charge in [0.2, 0.25) is 5.13 Å². The highest BCUT2D eigenvalue weighted by atomic mass is 32.1. The fraction of sp³-hybridized carbons (Fsp3) is 0. The van der Waals surface area contributed by atoms with Gasteiger partial charge in [-0.05, 0) is 11.5 Å². The Labute approximate surface area is 83.7 Å². The van der Waals surface area contributed by atoms with Gasteiger partial charge in [0, 0.05) is 10.1 Å². The van der Waals surface area contributed by atoms with Gasteiger partial charge < -0.3 is 15.8 Å². The molecular weight excluding hydrogens is 204 g/mol. The van der Waals surface area contributed by atoms with Crippen LogP contribution in [0.15, 0.2) is 18.2 Å². The lowest BCUT2D eigenvalue weighted by Gasteiger charge is -1.98. The van der Waals surface area contributed by atoms with Crippen LogP contribution >= 0.6 is 11.3 Å². The fourth-order valence-corrected chi connectivity index (χ4v) is 2.16. The molecule has 0 unspecified atom stereocenters. The van der Waals surface area contributed by atoms with E-state index in [2.05, 4.69) is 0 Å². The van der Waals surface area contributed by atoms with Crippen molar-refractivity contribution in [3.63, 3.8) is 0 Å². The number of anilines is 1. The molecule has 0 aliphatic heterocycles. The van der Waals surface area contributed by atoms with Crippen LogP contribution in [0.4, 0.5) is 10.1 Å². The minimum atomic E-state index is -1.54. The molecule has 1 aromatic carbocycles. The van der Waals surface area contributed by atoms with E-state index in [1.54, 1.807) is 6.07 Å². The van der Waals surface area contributed by atoms with Gasteiger partial charge >= 0.3 is 7.12 Å². The van der Waals surface area contributed by atoms with Crippen LogP contribution in [0.25, 0.3) is 10.1 Å². The number of halogens is 1. The second-order valence-corrected chi connectivity index (χ2v) is 3.92. The van der Waals surface area contributed by atoms with E-state index in [1.807, 2.05) is 0 Å². The smallest absolute Gasteiger partial charge is 0.423 e. The maximum atomic E-state index is 13.0. The molecule has 1 aromatic heterocycles. The van der Waals surface area contributed by atoms with Crippen LogP contribution in [0, 0.1) is 5.13 Å². The van der Waals surface area contributed by atoms with Crippen molar-refractivity contribution in [3.8, 4) is 0 Å². The summed E-state index contributed by atoms with van der Waals surface area (Å²) in [5, 5.41) is 18.0. The van der Waals surface area contributed by atoms with Gasteiger partial charge in [0.05, 0.1) is 5.69 Å². The van der Waals surface area contributed by atoms with Crippen molar-refractivity contribution < 1.29 is 14.4 Å². The SMILES string of the molecule is Nc1c(F)sc2cc(B(O)O)ccc12. The predicted molar refractivity (Wildman–Crippen MR) is 56.0 cm³/mol. The fourth-order valence-electron chi connectivity index (χ4n) is 1.26. The Bertz CT molecular complexity index is 485. The van der Waals surface area contributed by atoms with Crippen molar-refractivity contribution in [1.29, 1.82) is 0 Å². The van der Waals surface area contributed by atoms with E-state index in [9.17, 15) is 4.39 Å². The summed E-state index contributed by atoms with van der Waals surface area (Å²) in [6, 6.07) is 4.61. The van der Waals surface area contributed by atoms with Crippen LogP contribution in [0.5, 0.6) is 0 Å². The monoisotopic (exact) mass is 211 g/mol. The summed E-state index contributed by atoms with van der Waals surface area (Å²) in [6.45, 7) is 0. The number of nitrogens with two attached hydrogens (primary N) is 1. The molecule has 0 fully saturated rings. The number of hydrogen-bond donors (Lipinski definition) is 3. The highest BCUT2D eigenvalue weighted by molar-refractivity contribution is 7.18. The zero-order chi connectivity index (χ0) is 10.3. The van der Waals surface area contributed by atoms with Gasteiger partial charge in [-0.25, -0.2) is 0 Å². The van der Waals surface area contributed by atoms with Gasteiger partial charge in [0.25, 0.3) is 0 Å². The quantitative estimate of drug-likeness (QED) is 0.594. The molecule has 4 N–H and O–H groups in total. The molecule has 0 amide bonds. The van der Waals surface area contributed by atoms with Gasteiger partial charge in [-0.1, -0.05) is 12.1 Å². The molecule has 0 spiro atoms. The lowest BCUT2D eigenvalue weighted by Crippen LogP contribution is -2.29. The third-order valence-electron chi connectivity index (χ3n) is 2.01. The molecule has 72 valence electrons. The summed E-state index contributed by atoms with van der Waals surface area (Å²) < 4.78 is 13.7. The molecule has 1 heterocycles. The predicted octanol–water partition coefficient (Wildman–Crippen LogP) is 0.302. The second-order valence-electron chi connectivity index (χ2n) is 2.92.